The van der Waals surface area contributed by atoms with Crippen LogP contribution in [0.15, 0.2) is 46.9 Å². The van der Waals surface area contributed by atoms with Crippen LogP contribution >= 0.6 is 15.9 Å². The van der Waals surface area contributed by atoms with E-state index in [9.17, 15) is 9.59 Å². The number of hydrogen-bond acceptors (Lipinski definition) is 3. The summed E-state index contributed by atoms with van der Waals surface area (Å²) in [5.74, 6) is 0.966. The van der Waals surface area contributed by atoms with E-state index in [-0.39, 0.29) is 11.8 Å². The zero-order valence-corrected chi connectivity index (χ0v) is 18.9. The summed E-state index contributed by atoms with van der Waals surface area (Å²) in [6.07, 6.45) is 0.886. The van der Waals surface area contributed by atoms with Crippen LogP contribution in [0.25, 0.3) is 0 Å². The lowest BCUT2D eigenvalue weighted by atomic mass is 9.92. The van der Waals surface area contributed by atoms with Crippen molar-refractivity contribution in [2.24, 2.45) is 11.3 Å². The van der Waals surface area contributed by atoms with Gasteiger partial charge in [-0.25, -0.2) is 0 Å². The van der Waals surface area contributed by atoms with E-state index in [0.717, 1.165) is 10.9 Å². The number of benzene rings is 2. The first kappa shape index (κ1) is 21.4. The minimum Gasteiger partial charge on any atom is -0.490 e. The zero-order chi connectivity index (χ0) is 21.2. The molecule has 5 nitrogen and oxygen atoms in total. The minimum atomic E-state index is -0.614. The average Bonchev–Trinajstić information content (AvgIpc) is 2.76. The molecule has 0 spiro atoms. The molecule has 2 aromatic rings. The highest BCUT2D eigenvalue weighted by Gasteiger charge is 2.37. The fraction of sp³-hybridized carbons (Fsp3) is 0.391. The molecule has 0 bridgehead atoms. The molecule has 0 radical (unpaired) electrons. The molecule has 0 saturated carbocycles. The number of carbonyl (C=O) groups excluding carboxylic acids is 2. The highest BCUT2D eigenvalue weighted by molar-refractivity contribution is 9.10. The minimum absolute atomic E-state index is 0.0355. The Morgan fingerprint density at radius 2 is 1.90 bits per heavy atom. The summed E-state index contributed by atoms with van der Waals surface area (Å²) in [4.78, 5) is 27.6. The molecule has 0 aliphatic carbocycles. The number of anilines is 2. The van der Waals surface area contributed by atoms with Gasteiger partial charge >= 0.3 is 0 Å². The topological polar surface area (TPSA) is 58.6 Å². The van der Waals surface area contributed by atoms with Crippen molar-refractivity contribution in [2.45, 2.75) is 34.1 Å². The van der Waals surface area contributed by atoms with Gasteiger partial charge in [0.1, 0.15) is 12.4 Å². The van der Waals surface area contributed by atoms with Gasteiger partial charge in [-0.1, -0.05) is 29.8 Å². The number of carbonyl (C=O) groups is 2. The fourth-order valence-electron chi connectivity index (χ4n) is 3.14. The third kappa shape index (κ3) is 4.99. The molecule has 0 aromatic heterocycles. The Morgan fingerprint density at radius 3 is 2.55 bits per heavy atom. The standard InChI is InChI=1S/C23H27BrN2O3/c1-15(2)11-12-26-19-13-18(25-21(27)16-5-7-17(24)8-6-16)9-10-20(19)29-14-23(3,4)22(26)28/h5-10,13,15H,11-12,14H2,1-4H3,(H,25,27). The maximum absolute atomic E-state index is 13.2. The lowest BCUT2D eigenvalue weighted by Crippen LogP contribution is -2.42. The molecule has 0 fully saturated rings. The van der Waals surface area contributed by atoms with Crippen molar-refractivity contribution >= 4 is 39.1 Å². The average molecular weight is 459 g/mol. The molecule has 2 aromatic carbocycles. The summed E-state index contributed by atoms with van der Waals surface area (Å²) in [6, 6.07) is 12.6. The number of amides is 2. The monoisotopic (exact) mass is 458 g/mol. The van der Waals surface area contributed by atoms with E-state index in [1.165, 1.54) is 0 Å². The molecule has 6 heteroatoms. The van der Waals surface area contributed by atoms with E-state index < -0.39 is 5.41 Å². The van der Waals surface area contributed by atoms with E-state index >= 15 is 0 Å². The van der Waals surface area contributed by atoms with Crippen LogP contribution in [0.3, 0.4) is 0 Å². The Morgan fingerprint density at radius 1 is 1.21 bits per heavy atom. The number of rotatable bonds is 5. The Kier molecular flexibility index (Phi) is 6.32. The van der Waals surface area contributed by atoms with E-state index in [2.05, 4.69) is 35.1 Å². The first-order valence-corrected chi connectivity index (χ1v) is 10.6. The van der Waals surface area contributed by atoms with Crippen LogP contribution in [0.1, 0.15) is 44.5 Å². The van der Waals surface area contributed by atoms with Gasteiger partial charge in [0.25, 0.3) is 5.91 Å². The predicted octanol–water partition coefficient (Wildman–Crippen LogP) is 5.50. The fourth-order valence-corrected chi connectivity index (χ4v) is 3.40. The maximum Gasteiger partial charge on any atom is 0.255 e. The molecule has 1 heterocycles. The number of nitrogens with one attached hydrogen (secondary N) is 1. The van der Waals surface area contributed by atoms with Gasteiger partial charge in [-0.05, 0) is 68.7 Å². The second-order valence-electron chi connectivity index (χ2n) is 8.46. The van der Waals surface area contributed by atoms with Gasteiger partial charge in [-0.3, -0.25) is 9.59 Å². The van der Waals surface area contributed by atoms with Gasteiger partial charge in [0.15, 0.2) is 0 Å². The molecule has 1 N–H and O–H groups in total. The molecule has 1 aliphatic heterocycles. The normalized spacial score (nSPS) is 15.5. The molecular formula is C23H27BrN2O3. The van der Waals surface area contributed by atoms with Gasteiger partial charge in [-0.15, -0.1) is 0 Å². The summed E-state index contributed by atoms with van der Waals surface area (Å²) in [6.45, 7) is 9.01. The molecule has 0 atom stereocenters. The van der Waals surface area contributed by atoms with E-state index in [1.807, 2.05) is 38.1 Å². The van der Waals surface area contributed by atoms with Gasteiger partial charge in [-0.2, -0.15) is 0 Å². The van der Waals surface area contributed by atoms with Crippen molar-refractivity contribution in [1.29, 1.82) is 0 Å². The maximum atomic E-state index is 13.2. The summed E-state index contributed by atoms with van der Waals surface area (Å²) in [5, 5.41) is 2.92. The molecule has 0 unspecified atom stereocenters. The highest BCUT2D eigenvalue weighted by atomic mass is 79.9. The number of fused-ring (bicyclic) bond motifs is 1. The molecule has 154 valence electrons. The smallest absolute Gasteiger partial charge is 0.255 e. The van der Waals surface area contributed by atoms with Crippen LogP contribution < -0.4 is 15.0 Å². The summed E-state index contributed by atoms with van der Waals surface area (Å²) in [7, 11) is 0. The zero-order valence-electron chi connectivity index (χ0n) is 17.3. The Balaban J connectivity index is 1.90. The van der Waals surface area contributed by atoms with E-state index in [1.54, 1.807) is 23.1 Å². The number of nitrogens with zero attached hydrogens (tertiary/aromatic N) is 1. The third-order valence-electron chi connectivity index (χ3n) is 4.96. The Bertz CT molecular complexity index is 907. The van der Waals surface area contributed by atoms with Crippen LogP contribution in [0.5, 0.6) is 5.75 Å². The predicted molar refractivity (Wildman–Crippen MR) is 120 cm³/mol. The van der Waals surface area contributed by atoms with Crippen molar-refractivity contribution in [2.75, 3.05) is 23.4 Å². The van der Waals surface area contributed by atoms with Crippen molar-refractivity contribution in [3.63, 3.8) is 0 Å². The number of ether oxygens (including phenoxy) is 1. The van der Waals surface area contributed by atoms with E-state index in [0.29, 0.717) is 41.8 Å². The van der Waals surface area contributed by atoms with Crippen LogP contribution in [0, 0.1) is 11.3 Å². The number of halogens is 1. The second-order valence-corrected chi connectivity index (χ2v) is 9.37. The number of hydrogen-bond donors (Lipinski definition) is 1. The molecule has 0 saturated heterocycles. The molecule has 3 rings (SSSR count). The van der Waals surface area contributed by atoms with Crippen molar-refractivity contribution in [3.05, 3.63) is 52.5 Å². The molecule has 1 aliphatic rings. The Hall–Kier alpha value is -2.34. The van der Waals surface area contributed by atoms with Gasteiger partial charge in [0.2, 0.25) is 5.91 Å². The molecular weight excluding hydrogens is 432 g/mol. The summed E-state index contributed by atoms with van der Waals surface area (Å²) >= 11 is 3.37. The van der Waals surface area contributed by atoms with Crippen LogP contribution in [-0.4, -0.2) is 25.0 Å². The van der Waals surface area contributed by atoms with Crippen LogP contribution in [0.2, 0.25) is 0 Å². The van der Waals surface area contributed by atoms with Crippen LogP contribution in [-0.2, 0) is 4.79 Å². The van der Waals surface area contributed by atoms with Crippen molar-refractivity contribution < 1.29 is 14.3 Å². The highest BCUT2D eigenvalue weighted by Crippen LogP contribution is 2.38. The van der Waals surface area contributed by atoms with Gasteiger partial charge < -0.3 is 15.0 Å². The largest absolute Gasteiger partial charge is 0.490 e. The van der Waals surface area contributed by atoms with Crippen molar-refractivity contribution in [1.82, 2.24) is 0 Å². The summed E-state index contributed by atoms with van der Waals surface area (Å²) < 4.78 is 6.86. The first-order valence-electron chi connectivity index (χ1n) is 9.83. The first-order chi connectivity index (χ1) is 13.7. The van der Waals surface area contributed by atoms with Gasteiger partial charge in [0.05, 0.1) is 11.1 Å². The van der Waals surface area contributed by atoms with Gasteiger partial charge in [0, 0.05) is 22.3 Å². The molecule has 2 amide bonds. The summed E-state index contributed by atoms with van der Waals surface area (Å²) in [5.41, 5.74) is 1.28. The van der Waals surface area contributed by atoms with Crippen molar-refractivity contribution in [3.8, 4) is 5.75 Å². The van der Waals surface area contributed by atoms with E-state index in [4.69, 9.17) is 4.74 Å². The molecule has 29 heavy (non-hydrogen) atoms. The Labute approximate surface area is 180 Å². The SMILES string of the molecule is CC(C)CCN1C(=O)C(C)(C)COc2ccc(NC(=O)c3ccc(Br)cc3)cc21. The second kappa shape index (κ2) is 8.57. The third-order valence-corrected chi connectivity index (χ3v) is 5.49. The lowest BCUT2D eigenvalue weighted by Gasteiger charge is -2.28. The van der Waals surface area contributed by atoms with Crippen LogP contribution in [0.4, 0.5) is 11.4 Å². The lowest BCUT2D eigenvalue weighted by molar-refractivity contribution is -0.127. The quantitative estimate of drug-likeness (QED) is 0.643.